The van der Waals surface area contributed by atoms with Crippen molar-refractivity contribution in [1.29, 1.82) is 0 Å². The molecule has 0 spiro atoms. The Kier molecular flexibility index (Phi) is 18.9. The Balaban J connectivity index is 0.000000205. The molecule has 0 aliphatic carbocycles. The van der Waals surface area contributed by atoms with Gasteiger partial charge in [-0.15, -0.1) is 35.7 Å². The van der Waals surface area contributed by atoms with E-state index in [-0.39, 0.29) is 53.5 Å². The number of nitrogens with zero attached hydrogens (tertiary/aromatic N) is 10. The first-order valence-corrected chi connectivity index (χ1v) is 19.9. The summed E-state index contributed by atoms with van der Waals surface area (Å²) in [5, 5.41) is 16.6. The van der Waals surface area contributed by atoms with Gasteiger partial charge in [0.05, 0.1) is 23.3 Å². The van der Waals surface area contributed by atoms with E-state index in [1.54, 1.807) is 61.8 Å². The van der Waals surface area contributed by atoms with Gasteiger partial charge in [0.15, 0.2) is 0 Å². The van der Waals surface area contributed by atoms with Gasteiger partial charge in [0.1, 0.15) is 11.6 Å². The van der Waals surface area contributed by atoms with Gasteiger partial charge in [-0.25, -0.2) is 27.5 Å². The van der Waals surface area contributed by atoms with E-state index < -0.39 is 34.9 Å². The van der Waals surface area contributed by atoms with E-state index in [0.29, 0.717) is 11.6 Å². The number of rotatable bonds is 12. The summed E-state index contributed by atoms with van der Waals surface area (Å²) in [6, 6.07) is 13.2. The van der Waals surface area contributed by atoms with Crippen LogP contribution in [0.25, 0.3) is 0 Å². The molecule has 0 N–H and O–H groups in total. The quantitative estimate of drug-likeness (QED) is 0.0511. The van der Waals surface area contributed by atoms with Gasteiger partial charge < -0.3 is 40.0 Å². The van der Waals surface area contributed by atoms with Crippen molar-refractivity contribution in [2.24, 2.45) is 0 Å². The first kappa shape index (κ1) is 51.0. The van der Waals surface area contributed by atoms with Crippen LogP contribution >= 0.6 is 0 Å². The van der Waals surface area contributed by atoms with Crippen LogP contribution in [0, 0.1) is 88.1 Å². The van der Waals surface area contributed by atoms with Crippen LogP contribution in [0.15, 0.2) is 48.8 Å². The molecule has 2 aromatic carbocycles. The van der Waals surface area contributed by atoms with Gasteiger partial charge in [-0.2, -0.15) is 13.3 Å². The van der Waals surface area contributed by atoms with Crippen LogP contribution in [0.4, 0.5) is 60.7 Å². The number of hydrogen-bond acceptors (Lipinski definition) is 8. The Labute approximate surface area is 393 Å². The molecule has 0 bridgehead atoms. The van der Waals surface area contributed by atoms with Crippen LogP contribution in [-0.2, 0) is 55.0 Å². The summed E-state index contributed by atoms with van der Waals surface area (Å²) < 4.78 is 78.8. The van der Waals surface area contributed by atoms with Gasteiger partial charge in [0.25, 0.3) is 0 Å². The predicted octanol–water partition coefficient (Wildman–Crippen LogP) is 10.1. The SMILES string of the molecule is CN1[CH-]N(c2[c-]c(F)c(F)c(F)c2)c2ncccc21.CN1[CH-]N(c2[c-]c(F)c(F)c(F)c2)c2ncccc21.Cc1n[n-]c(C)c1CCCCCCCCCc1c(C)n[n-]c1C.[Pt].[Pt]. The van der Waals surface area contributed by atoms with Gasteiger partial charge in [-0.1, -0.05) is 57.3 Å². The molecule has 6 aromatic rings. The molecule has 0 fully saturated rings. The molecule has 0 atom stereocenters. The first-order chi connectivity index (χ1) is 29.2. The molecule has 2 aliphatic rings. The minimum absolute atomic E-state index is 0. The molecule has 8 rings (SSSR count). The van der Waals surface area contributed by atoms with Crippen molar-refractivity contribution in [3.8, 4) is 0 Å². The monoisotopic (exact) mass is 1230 g/mol. The second-order valence-electron chi connectivity index (χ2n) is 14.8. The normalized spacial score (nSPS) is 12.5. The third kappa shape index (κ3) is 12.3. The summed E-state index contributed by atoms with van der Waals surface area (Å²) >= 11 is 0. The molecule has 0 unspecified atom stereocenters. The Morgan fingerprint density at radius 3 is 1.27 bits per heavy atom. The Morgan fingerprint density at radius 1 is 0.571 bits per heavy atom. The molecule has 0 radical (unpaired) electrons. The van der Waals surface area contributed by atoms with E-state index in [4.69, 9.17) is 0 Å². The topological polar surface area (TPSA) is 92.7 Å². The Morgan fingerprint density at radius 2 is 0.937 bits per heavy atom. The molecule has 6 heterocycles. The maximum absolute atomic E-state index is 13.3. The van der Waals surface area contributed by atoms with Crippen LogP contribution in [0.5, 0.6) is 0 Å². The minimum Gasteiger partial charge on any atom is -0.579 e. The summed E-state index contributed by atoms with van der Waals surface area (Å²) in [5.41, 5.74) is 8.87. The van der Waals surface area contributed by atoms with E-state index in [2.05, 4.69) is 70.2 Å². The summed E-state index contributed by atoms with van der Waals surface area (Å²) in [4.78, 5) is 14.7. The smallest absolute Gasteiger partial charge is 0.124 e. The van der Waals surface area contributed by atoms with Crippen molar-refractivity contribution >= 4 is 34.4 Å². The van der Waals surface area contributed by atoms with Crippen molar-refractivity contribution in [3.05, 3.63) is 143 Å². The summed E-state index contributed by atoms with van der Waals surface area (Å²) in [5.74, 6) is -7.27. The number of benzene rings is 2. The van der Waals surface area contributed by atoms with Crippen molar-refractivity contribution in [3.63, 3.8) is 0 Å². The average molecular weight is 1230 g/mol. The van der Waals surface area contributed by atoms with Crippen LogP contribution < -0.4 is 29.8 Å². The molecule has 344 valence electrons. The van der Waals surface area contributed by atoms with Crippen LogP contribution in [0.2, 0.25) is 0 Å². The molecular formula is C45H46F6N10Pt2-6. The Hall–Kier alpha value is -4.68. The van der Waals surface area contributed by atoms with E-state index >= 15 is 0 Å². The Bertz CT molecular complexity index is 2180. The standard InChI is InChI=1S/C19H30N4.2C13H8F3N3.2Pt/c1-14-18(15(2)21-20-14)12-10-8-6-5-7-9-11-13-19-16(3)22-23-17(19)4;2*1-18-7-19(13-11(18)3-2-4-17-13)8-5-9(14)12(16)10(15)6-8;;/h5-13H2,1-4H3;2*2-5,7H,1H3;;/q3*-2;;. The summed E-state index contributed by atoms with van der Waals surface area (Å²) in [7, 11) is 3.55. The zero-order valence-corrected chi connectivity index (χ0v) is 40.1. The predicted molar refractivity (Wildman–Crippen MR) is 222 cm³/mol. The zero-order valence-electron chi connectivity index (χ0n) is 35.5. The van der Waals surface area contributed by atoms with Crippen molar-refractivity contribution in [2.75, 3.05) is 33.7 Å². The van der Waals surface area contributed by atoms with E-state index in [9.17, 15) is 26.3 Å². The summed E-state index contributed by atoms with van der Waals surface area (Å²) in [6.45, 7) is 11.5. The van der Waals surface area contributed by atoms with Gasteiger partial charge in [0, 0.05) is 88.9 Å². The molecule has 63 heavy (non-hydrogen) atoms. The second kappa shape index (κ2) is 23.3. The summed E-state index contributed by atoms with van der Waals surface area (Å²) in [6.07, 6.45) is 14.6. The largest absolute Gasteiger partial charge is 0.579 e. The number of unbranched alkanes of at least 4 members (excludes halogenated alkanes) is 6. The fourth-order valence-electron chi connectivity index (χ4n) is 7.15. The van der Waals surface area contributed by atoms with Crippen molar-refractivity contribution < 1.29 is 68.5 Å². The van der Waals surface area contributed by atoms with Gasteiger partial charge >= 0.3 is 0 Å². The molecule has 0 saturated heterocycles. The fraction of sp³-hybridized carbons (Fsp3) is 0.333. The van der Waals surface area contributed by atoms with Crippen LogP contribution in [0.1, 0.15) is 78.8 Å². The van der Waals surface area contributed by atoms with Crippen molar-refractivity contribution in [1.82, 2.24) is 30.4 Å². The first-order valence-electron chi connectivity index (χ1n) is 19.9. The zero-order chi connectivity index (χ0) is 43.8. The number of hydrogen-bond donors (Lipinski definition) is 0. The minimum atomic E-state index is -1.53. The van der Waals surface area contributed by atoms with Gasteiger partial charge in [0.2, 0.25) is 0 Å². The number of fused-ring (bicyclic) bond motifs is 2. The maximum atomic E-state index is 13.3. The van der Waals surface area contributed by atoms with E-state index in [1.165, 1.54) is 65.9 Å². The number of aromatic nitrogens is 6. The molecule has 18 heteroatoms. The van der Waals surface area contributed by atoms with Crippen LogP contribution in [0.3, 0.4) is 0 Å². The maximum Gasteiger partial charge on any atom is 0.124 e. The number of aryl methyl sites for hydroxylation is 4. The van der Waals surface area contributed by atoms with E-state index in [0.717, 1.165) is 59.1 Å². The number of anilines is 6. The average Bonchev–Trinajstić information content (AvgIpc) is 3.97. The third-order valence-electron chi connectivity index (χ3n) is 10.5. The van der Waals surface area contributed by atoms with Gasteiger partial charge in [-0.05, 0) is 89.0 Å². The molecule has 2 aliphatic heterocycles. The molecule has 10 nitrogen and oxygen atoms in total. The van der Waals surface area contributed by atoms with Gasteiger partial charge in [-0.3, -0.25) is 8.78 Å². The number of halogens is 6. The second-order valence-corrected chi connectivity index (χ2v) is 14.8. The molecule has 4 aromatic heterocycles. The van der Waals surface area contributed by atoms with Crippen molar-refractivity contribution in [2.45, 2.75) is 85.5 Å². The molecule has 0 amide bonds. The fourth-order valence-corrected chi connectivity index (χ4v) is 7.15. The van der Waals surface area contributed by atoms with E-state index in [1.807, 2.05) is 12.1 Å². The third-order valence-corrected chi connectivity index (χ3v) is 10.5. The molecular weight excluding hydrogens is 1180 g/mol. The number of pyridine rings is 2. The molecule has 0 saturated carbocycles. The van der Waals surface area contributed by atoms with Crippen LogP contribution in [-0.4, -0.2) is 34.3 Å².